The molecule has 3 nitrogen and oxygen atoms in total. The first-order chi connectivity index (χ1) is 9.69. The summed E-state index contributed by atoms with van der Waals surface area (Å²) < 4.78 is 5.53. The van der Waals surface area contributed by atoms with E-state index in [-0.39, 0.29) is 5.75 Å². The minimum absolute atomic E-state index is 0.104. The molecule has 2 aromatic rings. The maximum Gasteiger partial charge on any atom is 0.134 e. The predicted octanol–water partition coefficient (Wildman–Crippen LogP) is 4.45. The molecular formula is C16H18ClNO2. The van der Waals surface area contributed by atoms with Crippen LogP contribution in [0.1, 0.15) is 18.9 Å². The summed E-state index contributed by atoms with van der Waals surface area (Å²) in [5.74, 6) is 0.984. The van der Waals surface area contributed by atoms with Gasteiger partial charge in [0.1, 0.15) is 11.5 Å². The van der Waals surface area contributed by atoms with Crippen molar-refractivity contribution in [2.45, 2.75) is 19.9 Å². The van der Waals surface area contributed by atoms with Gasteiger partial charge < -0.3 is 15.2 Å². The molecule has 0 bridgehead atoms. The maximum absolute atomic E-state index is 9.36. The fraction of sp³-hybridized carbons (Fsp3) is 0.250. The van der Waals surface area contributed by atoms with E-state index in [2.05, 4.69) is 12.2 Å². The molecule has 0 heterocycles. The summed E-state index contributed by atoms with van der Waals surface area (Å²) in [6, 6.07) is 13.0. The molecule has 0 atom stereocenters. The third-order valence-corrected chi connectivity index (χ3v) is 3.14. The van der Waals surface area contributed by atoms with Crippen molar-refractivity contribution < 1.29 is 9.84 Å². The summed E-state index contributed by atoms with van der Waals surface area (Å²) in [7, 11) is 0. The van der Waals surface area contributed by atoms with Crippen molar-refractivity contribution in [2.75, 3.05) is 11.9 Å². The van der Waals surface area contributed by atoms with Gasteiger partial charge in [0, 0.05) is 12.2 Å². The Morgan fingerprint density at radius 1 is 1.15 bits per heavy atom. The van der Waals surface area contributed by atoms with Gasteiger partial charge in [-0.3, -0.25) is 0 Å². The maximum atomic E-state index is 9.36. The summed E-state index contributed by atoms with van der Waals surface area (Å²) >= 11 is 5.87. The number of phenols is 1. The fourth-order valence-electron chi connectivity index (χ4n) is 1.75. The third-order valence-electron chi connectivity index (χ3n) is 2.84. The molecule has 2 N–H and O–H groups in total. The topological polar surface area (TPSA) is 41.5 Å². The summed E-state index contributed by atoms with van der Waals surface area (Å²) in [4.78, 5) is 0. The average Bonchev–Trinajstić information content (AvgIpc) is 2.47. The van der Waals surface area contributed by atoms with Gasteiger partial charge in [-0.05, 0) is 48.4 Å². The third kappa shape index (κ3) is 4.07. The molecule has 106 valence electrons. The molecule has 0 aromatic heterocycles. The predicted molar refractivity (Wildman–Crippen MR) is 82.7 cm³/mol. The molecule has 0 spiro atoms. The van der Waals surface area contributed by atoms with Crippen molar-refractivity contribution in [1.29, 1.82) is 0 Å². The summed E-state index contributed by atoms with van der Waals surface area (Å²) in [6.07, 6.45) is 1.00. The minimum Gasteiger partial charge on any atom is -0.506 e. The van der Waals surface area contributed by atoms with Gasteiger partial charge in [0.15, 0.2) is 0 Å². The van der Waals surface area contributed by atoms with E-state index in [1.807, 2.05) is 30.3 Å². The Balaban J connectivity index is 1.91. The largest absolute Gasteiger partial charge is 0.506 e. The van der Waals surface area contributed by atoms with Gasteiger partial charge in [0.05, 0.1) is 11.6 Å². The van der Waals surface area contributed by atoms with Gasteiger partial charge in [-0.2, -0.15) is 0 Å². The van der Waals surface area contributed by atoms with Crippen molar-refractivity contribution in [3.05, 3.63) is 53.1 Å². The minimum atomic E-state index is 0.104. The second-order valence-electron chi connectivity index (χ2n) is 4.51. The molecule has 0 unspecified atom stereocenters. The molecular weight excluding hydrogens is 274 g/mol. The van der Waals surface area contributed by atoms with Gasteiger partial charge in [-0.1, -0.05) is 24.6 Å². The normalized spacial score (nSPS) is 10.3. The highest BCUT2D eigenvalue weighted by Crippen LogP contribution is 2.24. The lowest BCUT2D eigenvalue weighted by molar-refractivity contribution is 0.317. The molecule has 0 aliphatic carbocycles. The van der Waals surface area contributed by atoms with Crippen LogP contribution in [0.3, 0.4) is 0 Å². The molecule has 0 radical (unpaired) electrons. The molecule has 0 saturated heterocycles. The fourth-order valence-corrected chi connectivity index (χ4v) is 1.96. The Kier molecular flexibility index (Phi) is 5.13. The molecule has 0 amide bonds. The smallest absolute Gasteiger partial charge is 0.134 e. The zero-order valence-corrected chi connectivity index (χ0v) is 12.2. The van der Waals surface area contributed by atoms with Crippen LogP contribution in [-0.4, -0.2) is 11.7 Å². The van der Waals surface area contributed by atoms with Gasteiger partial charge >= 0.3 is 0 Å². The SMILES string of the molecule is CCCOc1ccc(NCc2ccc(O)c(Cl)c2)cc1. The Hall–Kier alpha value is -1.87. The highest BCUT2D eigenvalue weighted by Gasteiger charge is 2.00. The standard InChI is InChI=1S/C16H18ClNO2/c1-2-9-20-14-6-4-13(5-7-14)18-11-12-3-8-16(19)15(17)10-12/h3-8,10,18-19H,2,9,11H2,1H3. The molecule has 2 aromatic carbocycles. The molecule has 4 heteroatoms. The summed E-state index contributed by atoms with van der Waals surface area (Å²) in [6.45, 7) is 3.46. The summed E-state index contributed by atoms with van der Waals surface area (Å²) in [5.41, 5.74) is 2.03. The molecule has 0 fully saturated rings. The van der Waals surface area contributed by atoms with Crippen LogP contribution in [0.2, 0.25) is 5.02 Å². The zero-order chi connectivity index (χ0) is 14.4. The van der Waals surface area contributed by atoms with Crippen LogP contribution in [0, 0.1) is 0 Å². The first-order valence-corrected chi connectivity index (χ1v) is 7.01. The average molecular weight is 292 g/mol. The lowest BCUT2D eigenvalue weighted by atomic mass is 10.2. The number of phenolic OH excluding ortho intramolecular Hbond substituents is 1. The van der Waals surface area contributed by atoms with E-state index in [0.717, 1.165) is 30.0 Å². The molecule has 20 heavy (non-hydrogen) atoms. The van der Waals surface area contributed by atoms with Crippen LogP contribution in [0.25, 0.3) is 0 Å². The van der Waals surface area contributed by atoms with Crippen LogP contribution in [0.15, 0.2) is 42.5 Å². The van der Waals surface area contributed by atoms with Crippen molar-refractivity contribution >= 4 is 17.3 Å². The van der Waals surface area contributed by atoms with Crippen LogP contribution >= 0.6 is 11.6 Å². The van der Waals surface area contributed by atoms with Crippen LogP contribution in [0.4, 0.5) is 5.69 Å². The lowest BCUT2D eigenvalue weighted by Gasteiger charge is -2.09. The number of anilines is 1. The Bertz CT molecular complexity index is 555. The van der Waals surface area contributed by atoms with E-state index in [4.69, 9.17) is 16.3 Å². The van der Waals surface area contributed by atoms with E-state index >= 15 is 0 Å². The number of hydrogen-bond acceptors (Lipinski definition) is 3. The zero-order valence-electron chi connectivity index (χ0n) is 11.4. The van der Waals surface area contributed by atoms with Gasteiger partial charge in [0.25, 0.3) is 0 Å². The van der Waals surface area contributed by atoms with Crippen molar-refractivity contribution in [3.63, 3.8) is 0 Å². The molecule has 0 saturated carbocycles. The van der Waals surface area contributed by atoms with Gasteiger partial charge in [0.2, 0.25) is 0 Å². The lowest BCUT2D eigenvalue weighted by Crippen LogP contribution is -1.99. The number of hydrogen-bond donors (Lipinski definition) is 2. The van der Waals surface area contributed by atoms with Crippen molar-refractivity contribution in [2.24, 2.45) is 0 Å². The second-order valence-corrected chi connectivity index (χ2v) is 4.92. The van der Waals surface area contributed by atoms with Crippen LogP contribution < -0.4 is 10.1 Å². The quantitative estimate of drug-likeness (QED) is 0.826. The number of ether oxygens (including phenoxy) is 1. The van der Waals surface area contributed by atoms with E-state index in [1.54, 1.807) is 12.1 Å². The second kappa shape index (κ2) is 7.06. The number of halogens is 1. The van der Waals surface area contributed by atoms with Crippen molar-refractivity contribution in [1.82, 2.24) is 0 Å². The van der Waals surface area contributed by atoms with E-state index in [1.165, 1.54) is 0 Å². The first kappa shape index (κ1) is 14.5. The van der Waals surface area contributed by atoms with E-state index in [0.29, 0.717) is 11.6 Å². The Morgan fingerprint density at radius 2 is 1.90 bits per heavy atom. The van der Waals surface area contributed by atoms with Gasteiger partial charge in [-0.25, -0.2) is 0 Å². The van der Waals surface area contributed by atoms with Crippen molar-refractivity contribution in [3.8, 4) is 11.5 Å². The van der Waals surface area contributed by atoms with E-state index < -0.39 is 0 Å². The van der Waals surface area contributed by atoms with Crippen LogP contribution in [-0.2, 0) is 6.54 Å². The number of aromatic hydroxyl groups is 1. The monoisotopic (exact) mass is 291 g/mol. The molecule has 0 aliphatic heterocycles. The van der Waals surface area contributed by atoms with Gasteiger partial charge in [-0.15, -0.1) is 0 Å². The molecule has 0 aliphatic rings. The van der Waals surface area contributed by atoms with Crippen LogP contribution in [0.5, 0.6) is 11.5 Å². The highest BCUT2D eigenvalue weighted by molar-refractivity contribution is 6.32. The highest BCUT2D eigenvalue weighted by atomic mass is 35.5. The summed E-state index contributed by atoms with van der Waals surface area (Å²) in [5, 5.41) is 13.0. The number of rotatable bonds is 6. The first-order valence-electron chi connectivity index (χ1n) is 6.63. The van der Waals surface area contributed by atoms with E-state index in [9.17, 15) is 5.11 Å². The Morgan fingerprint density at radius 3 is 2.55 bits per heavy atom. The number of nitrogens with one attached hydrogen (secondary N) is 1. The molecule has 2 rings (SSSR count). The Labute approximate surface area is 124 Å². The number of benzene rings is 2.